The van der Waals surface area contributed by atoms with Crippen molar-refractivity contribution in [2.24, 2.45) is 0 Å². The summed E-state index contributed by atoms with van der Waals surface area (Å²) in [6.07, 6.45) is 0. The SMILES string of the molecule is COc1cc(C2c3c(-c4ccccc4O)n[nH]c3C(=O)N2Cc2ccc(Cl)cc2)ccc1OCc1ccccc1. The number of hydrogen-bond acceptors (Lipinski definition) is 5. The summed E-state index contributed by atoms with van der Waals surface area (Å²) < 4.78 is 11.8. The zero-order valence-electron chi connectivity index (χ0n) is 21.7. The van der Waals surface area contributed by atoms with Crippen molar-refractivity contribution >= 4 is 17.5 Å². The van der Waals surface area contributed by atoms with Gasteiger partial charge in [-0.2, -0.15) is 5.10 Å². The van der Waals surface area contributed by atoms with Gasteiger partial charge in [-0.05, 0) is 53.1 Å². The predicted octanol–water partition coefficient (Wildman–Crippen LogP) is 6.77. The molecule has 2 N–H and O–H groups in total. The first-order valence-corrected chi connectivity index (χ1v) is 13.2. The molecule has 2 heterocycles. The van der Waals surface area contributed by atoms with Crippen molar-refractivity contribution in [3.63, 3.8) is 0 Å². The number of aromatic hydroxyl groups is 1. The van der Waals surface area contributed by atoms with Gasteiger partial charge in [0.05, 0.1) is 13.2 Å². The Balaban J connectivity index is 1.42. The van der Waals surface area contributed by atoms with Crippen molar-refractivity contribution in [1.29, 1.82) is 0 Å². The monoisotopic (exact) mass is 551 g/mol. The van der Waals surface area contributed by atoms with Crippen LogP contribution in [0.5, 0.6) is 17.2 Å². The number of benzene rings is 4. The first kappa shape index (κ1) is 25.5. The van der Waals surface area contributed by atoms with E-state index in [0.717, 1.165) is 16.7 Å². The molecular formula is C32H26ClN3O4. The Labute approximate surface area is 236 Å². The molecule has 0 radical (unpaired) electrons. The van der Waals surface area contributed by atoms with Crippen molar-refractivity contribution in [3.8, 4) is 28.5 Å². The van der Waals surface area contributed by atoms with Crippen LogP contribution in [0.3, 0.4) is 0 Å². The van der Waals surface area contributed by atoms with Gasteiger partial charge >= 0.3 is 0 Å². The summed E-state index contributed by atoms with van der Waals surface area (Å²) in [7, 11) is 1.59. The van der Waals surface area contributed by atoms with E-state index >= 15 is 0 Å². The third-order valence-electron chi connectivity index (χ3n) is 7.03. The summed E-state index contributed by atoms with van der Waals surface area (Å²) in [6.45, 7) is 0.739. The van der Waals surface area contributed by atoms with Crippen LogP contribution >= 0.6 is 11.6 Å². The molecule has 1 atom stereocenters. The first-order valence-electron chi connectivity index (χ1n) is 12.8. The fourth-order valence-corrected chi connectivity index (χ4v) is 5.21. The van der Waals surface area contributed by atoms with Gasteiger partial charge in [0.2, 0.25) is 0 Å². The van der Waals surface area contributed by atoms with Gasteiger partial charge in [0.25, 0.3) is 5.91 Å². The van der Waals surface area contributed by atoms with Crippen molar-refractivity contribution in [1.82, 2.24) is 15.1 Å². The number of rotatable bonds is 8. The number of nitrogens with one attached hydrogen (secondary N) is 1. The molecule has 1 unspecified atom stereocenters. The molecule has 0 spiro atoms. The molecule has 1 aliphatic heterocycles. The standard InChI is InChI=1S/C32H26ClN3O4/c1-39-27-17-22(13-16-26(27)40-19-21-7-3-2-4-8-21)31-28-29(24-9-5-6-10-25(24)37)34-35-30(28)32(38)36(31)18-20-11-14-23(33)15-12-20/h2-17,31,37H,18-19H2,1H3,(H,34,35). The minimum Gasteiger partial charge on any atom is -0.507 e. The topological polar surface area (TPSA) is 87.7 Å². The lowest BCUT2D eigenvalue weighted by molar-refractivity contribution is 0.0730. The fourth-order valence-electron chi connectivity index (χ4n) is 5.08. The molecule has 0 fully saturated rings. The van der Waals surface area contributed by atoms with Gasteiger partial charge in [-0.25, -0.2) is 0 Å². The van der Waals surface area contributed by atoms with Crippen molar-refractivity contribution in [2.45, 2.75) is 19.2 Å². The molecule has 40 heavy (non-hydrogen) atoms. The number of halogens is 1. The Kier molecular flexibility index (Phi) is 6.88. The molecule has 1 aromatic heterocycles. The lowest BCUT2D eigenvalue weighted by Crippen LogP contribution is -2.29. The average molecular weight is 552 g/mol. The van der Waals surface area contributed by atoms with Crippen LogP contribution in [0.2, 0.25) is 5.02 Å². The third-order valence-corrected chi connectivity index (χ3v) is 7.28. The van der Waals surface area contributed by atoms with Crippen LogP contribution in [0.4, 0.5) is 0 Å². The molecule has 0 saturated heterocycles. The second-order valence-corrected chi connectivity index (χ2v) is 9.96. The molecule has 4 aromatic carbocycles. The first-order chi connectivity index (χ1) is 19.5. The number of fused-ring (bicyclic) bond motifs is 1. The number of carbonyl (C=O) groups is 1. The summed E-state index contributed by atoms with van der Waals surface area (Å²) in [6, 6.07) is 29.5. The Morgan fingerprint density at radius 3 is 2.42 bits per heavy atom. The number of phenolic OH excluding ortho intramolecular Hbond substituents is 1. The number of aromatic amines is 1. The Morgan fingerprint density at radius 2 is 1.68 bits per heavy atom. The molecule has 1 aliphatic rings. The van der Waals surface area contributed by atoms with Crippen LogP contribution in [0.15, 0.2) is 97.1 Å². The normalized spacial score (nSPS) is 14.3. The number of hydrogen-bond donors (Lipinski definition) is 2. The average Bonchev–Trinajstić information content (AvgIpc) is 3.52. The molecule has 5 aromatic rings. The molecular weight excluding hydrogens is 526 g/mol. The maximum atomic E-state index is 13.8. The molecule has 0 saturated carbocycles. The number of methoxy groups -OCH3 is 1. The van der Waals surface area contributed by atoms with E-state index < -0.39 is 6.04 Å². The third kappa shape index (κ3) is 4.76. The minimum atomic E-state index is -0.497. The van der Waals surface area contributed by atoms with Crippen LogP contribution < -0.4 is 9.47 Å². The predicted molar refractivity (Wildman–Crippen MR) is 153 cm³/mol. The number of phenols is 1. The second-order valence-electron chi connectivity index (χ2n) is 9.52. The highest BCUT2D eigenvalue weighted by atomic mass is 35.5. The van der Waals surface area contributed by atoms with Crippen molar-refractivity contribution in [3.05, 3.63) is 130 Å². The van der Waals surface area contributed by atoms with Crippen molar-refractivity contribution < 1.29 is 19.4 Å². The van der Waals surface area contributed by atoms with Crippen LogP contribution in [-0.2, 0) is 13.2 Å². The minimum absolute atomic E-state index is 0.0846. The Bertz CT molecular complexity index is 1670. The van der Waals surface area contributed by atoms with Crippen LogP contribution in [0.25, 0.3) is 11.3 Å². The molecule has 0 bridgehead atoms. The van der Waals surface area contributed by atoms with Crippen LogP contribution in [0, 0.1) is 0 Å². The molecule has 7 nitrogen and oxygen atoms in total. The summed E-state index contributed by atoms with van der Waals surface area (Å²) in [5, 5.41) is 18.7. The molecule has 8 heteroatoms. The zero-order chi connectivity index (χ0) is 27.6. The quantitative estimate of drug-likeness (QED) is 0.222. The second kappa shape index (κ2) is 10.8. The van der Waals surface area contributed by atoms with Crippen molar-refractivity contribution in [2.75, 3.05) is 7.11 Å². The van der Waals surface area contributed by atoms with Gasteiger partial charge < -0.3 is 19.5 Å². The number of amides is 1. The smallest absolute Gasteiger partial charge is 0.273 e. The van der Waals surface area contributed by atoms with Gasteiger partial charge in [-0.1, -0.05) is 72.3 Å². The maximum Gasteiger partial charge on any atom is 0.273 e. The van der Waals surface area contributed by atoms with Gasteiger partial charge in [0.15, 0.2) is 11.5 Å². The fraction of sp³-hybridized carbons (Fsp3) is 0.125. The number of nitrogens with zero attached hydrogens (tertiary/aromatic N) is 2. The zero-order valence-corrected chi connectivity index (χ0v) is 22.4. The van der Waals surface area contributed by atoms with E-state index in [4.69, 9.17) is 21.1 Å². The van der Waals surface area contributed by atoms with E-state index in [0.29, 0.717) is 52.2 Å². The van der Waals surface area contributed by atoms with Gasteiger partial charge in [-0.15, -0.1) is 0 Å². The number of H-pyrrole nitrogens is 1. The highest BCUT2D eigenvalue weighted by Crippen LogP contribution is 2.46. The lowest BCUT2D eigenvalue weighted by Gasteiger charge is -2.27. The van der Waals surface area contributed by atoms with E-state index in [1.807, 2.05) is 78.9 Å². The van der Waals surface area contributed by atoms with E-state index in [2.05, 4.69) is 10.2 Å². The van der Waals surface area contributed by atoms with Gasteiger partial charge in [-0.3, -0.25) is 9.89 Å². The summed E-state index contributed by atoms with van der Waals surface area (Å²) in [5.74, 6) is 1.04. The molecule has 0 aliphatic carbocycles. The van der Waals surface area contributed by atoms with Crippen LogP contribution in [-0.4, -0.2) is 33.2 Å². The van der Waals surface area contributed by atoms with E-state index in [-0.39, 0.29) is 11.7 Å². The number of aromatic nitrogens is 2. The van der Waals surface area contributed by atoms with E-state index in [9.17, 15) is 9.90 Å². The maximum absolute atomic E-state index is 13.8. The van der Waals surface area contributed by atoms with Gasteiger partial charge in [0.1, 0.15) is 23.7 Å². The highest BCUT2D eigenvalue weighted by Gasteiger charge is 2.42. The molecule has 1 amide bonds. The summed E-state index contributed by atoms with van der Waals surface area (Å²) >= 11 is 6.11. The Morgan fingerprint density at radius 1 is 0.925 bits per heavy atom. The van der Waals surface area contributed by atoms with E-state index in [1.165, 1.54) is 0 Å². The lowest BCUT2D eigenvalue weighted by atomic mass is 9.95. The van der Waals surface area contributed by atoms with Crippen LogP contribution in [0.1, 0.15) is 38.8 Å². The highest BCUT2D eigenvalue weighted by molar-refractivity contribution is 6.30. The Hall–Kier alpha value is -4.75. The number of para-hydroxylation sites is 1. The summed E-state index contributed by atoms with van der Waals surface area (Å²) in [5.41, 5.74) is 4.94. The van der Waals surface area contributed by atoms with E-state index in [1.54, 1.807) is 30.2 Å². The summed E-state index contributed by atoms with van der Waals surface area (Å²) in [4.78, 5) is 15.6. The molecule has 6 rings (SSSR count). The molecule has 200 valence electrons. The number of carbonyl (C=O) groups excluding carboxylic acids is 1. The largest absolute Gasteiger partial charge is 0.507 e. The van der Waals surface area contributed by atoms with Gasteiger partial charge in [0, 0.05) is 22.7 Å². The number of ether oxygens (including phenoxy) is 2.